The molecule has 0 unspecified atom stereocenters. The van der Waals surface area contributed by atoms with E-state index in [2.05, 4.69) is 10.3 Å². The van der Waals surface area contributed by atoms with Gasteiger partial charge in [-0.3, -0.25) is 4.79 Å². The van der Waals surface area contributed by atoms with Gasteiger partial charge in [0.05, 0.1) is 13.4 Å². The van der Waals surface area contributed by atoms with Gasteiger partial charge in [-0.15, -0.1) is 0 Å². The zero-order chi connectivity index (χ0) is 18.4. The largest absolute Gasteiger partial charge is 0.497 e. The number of amides is 1. The van der Waals surface area contributed by atoms with Crippen LogP contribution in [0.25, 0.3) is 5.69 Å². The summed E-state index contributed by atoms with van der Waals surface area (Å²) in [7, 11) is 1.61. The molecule has 26 heavy (non-hydrogen) atoms. The van der Waals surface area contributed by atoms with Gasteiger partial charge >= 0.3 is 0 Å². The molecule has 1 N–H and O–H groups in total. The van der Waals surface area contributed by atoms with Crippen LogP contribution < -0.4 is 14.8 Å². The molecule has 0 bridgehead atoms. The van der Waals surface area contributed by atoms with Crippen LogP contribution in [0.4, 0.5) is 0 Å². The van der Waals surface area contributed by atoms with Crippen molar-refractivity contribution in [1.29, 1.82) is 0 Å². The van der Waals surface area contributed by atoms with E-state index in [1.165, 1.54) is 0 Å². The van der Waals surface area contributed by atoms with Crippen LogP contribution in [-0.2, 0) is 11.3 Å². The molecule has 1 heterocycles. The molecule has 134 valence electrons. The van der Waals surface area contributed by atoms with Gasteiger partial charge in [0.2, 0.25) is 0 Å². The Hall–Kier alpha value is -3.28. The Bertz CT molecular complexity index is 828. The van der Waals surface area contributed by atoms with Crippen molar-refractivity contribution in [2.24, 2.45) is 0 Å². The molecule has 1 amide bonds. The second-order valence-corrected chi connectivity index (χ2v) is 5.79. The highest BCUT2D eigenvalue weighted by atomic mass is 16.5. The summed E-state index contributed by atoms with van der Waals surface area (Å²) in [5.41, 5.74) is 2.03. The van der Waals surface area contributed by atoms with E-state index >= 15 is 0 Å². The van der Waals surface area contributed by atoms with Crippen molar-refractivity contribution >= 4 is 5.91 Å². The fourth-order valence-electron chi connectivity index (χ4n) is 2.44. The first-order valence-corrected chi connectivity index (χ1v) is 8.31. The first-order chi connectivity index (χ1) is 12.7. The molecule has 3 rings (SSSR count). The summed E-state index contributed by atoms with van der Waals surface area (Å²) in [4.78, 5) is 16.3. The third-order valence-electron chi connectivity index (χ3n) is 3.95. The monoisotopic (exact) mass is 351 g/mol. The predicted octanol–water partition coefficient (Wildman–Crippen LogP) is 2.96. The van der Waals surface area contributed by atoms with Crippen molar-refractivity contribution in [1.82, 2.24) is 14.9 Å². The van der Waals surface area contributed by atoms with Crippen LogP contribution in [0.2, 0.25) is 0 Å². The first kappa shape index (κ1) is 17.5. The molecule has 0 aliphatic carbocycles. The summed E-state index contributed by atoms with van der Waals surface area (Å²) in [5, 5.41) is 2.89. The Morgan fingerprint density at radius 1 is 1.12 bits per heavy atom. The summed E-state index contributed by atoms with van der Waals surface area (Å²) >= 11 is 0. The van der Waals surface area contributed by atoms with Crippen LogP contribution in [0.3, 0.4) is 0 Å². The number of hydrogen-bond acceptors (Lipinski definition) is 4. The Labute approximate surface area is 152 Å². The highest BCUT2D eigenvalue weighted by molar-refractivity contribution is 5.80. The van der Waals surface area contributed by atoms with E-state index in [1.54, 1.807) is 50.8 Å². The minimum absolute atomic E-state index is 0.167. The summed E-state index contributed by atoms with van der Waals surface area (Å²) in [6, 6.07) is 15.1. The van der Waals surface area contributed by atoms with E-state index in [1.807, 2.05) is 35.0 Å². The van der Waals surface area contributed by atoms with E-state index in [-0.39, 0.29) is 5.91 Å². The molecular formula is C20H21N3O3. The molecular weight excluding hydrogens is 330 g/mol. The molecule has 0 saturated heterocycles. The van der Waals surface area contributed by atoms with E-state index in [4.69, 9.17) is 9.47 Å². The van der Waals surface area contributed by atoms with Crippen LogP contribution in [0.1, 0.15) is 12.5 Å². The van der Waals surface area contributed by atoms with Gasteiger partial charge in [0.25, 0.3) is 5.91 Å². The van der Waals surface area contributed by atoms with Crippen LogP contribution in [-0.4, -0.2) is 28.7 Å². The van der Waals surface area contributed by atoms with Gasteiger partial charge in [-0.25, -0.2) is 4.98 Å². The van der Waals surface area contributed by atoms with Crippen LogP contribution in [0.15, 0.2) is 67.3 Å². The second-order valence-electron chi connectivity index (χ2n) is 5.79. The van der Waals surface area contributed by atoms with Gasteiger partial charge in [-0.1, -0.05) is 12.1 Å². The minimum Gasteiger partial charge on any atom is -0.497 e. The fraction of sp³-hybridized carbons (Fsp3) is 0.200. The highest BCUT2D eigenvalue weighted by Crippen LogP contribution is 2.18. The quantitative estimate of drug-likeness (QED) is 0.711. The Morgan fingerprint density at radius 3 is 2.42 bits per heavy atom. The van der Waals surface area contributed by atoms with E-state index in [9.17, 15) is 4.79 Å². The number of aromatic nitrogens is 2. The number of rotatable bonds is 7. The standard InChI is InChI=1S/C20H21N3O3/c1-15(26-19-9-7-18(25-2)8-10-19)20(24)22-13-16-3-5-17(6-4-16)23-12-11-21-14-23/h3-12,14-15H,13H2,1-2H3,(H,22,24)/t15-/m0/s1. The molecule has 1 aromatic heterocycles. The Morgan fingerprint density at radius 2 is 1.81 bits per heavy atom. The van der Waals surface area contributed by atoms with Gasteiger partial charge in [-0.05, 0) is 48.9 Å². The number of ether oxygens (including phenoxy) is 2. The van der Waals surface area contributed by atoms with Crippen LogP contribution in [0, 0.1) is 0 Å². The van der Waals surface area contributed by atoms with Gasteiger partial charge < -0.3 is 19.4 Å². The lowest BCUT2D eigenvalue weighted by Crippen LogP contribution is -2.35. The predicted molar refractivity (Wildman–Crippen MR) is 98.5 cm³/mol. The Balaban J connectivity index is 1.51. The van der Waals surface area contributed by atoms with Crippen molar-refractivity contribution in [3.8, 4) is 17.2 Å². The maximum atomic E-state index is 12.2. The maximum Gasteiger partial charge on any atom is 0.261 e. The van der Waals surface area contributed by atoms with Crippen molar-refractivity contribution in [3.63, 3.8) is 0 Å². The molecule has 2 aromatic carbocycles. The number of nitrogens with zero attached hydrogens (tertiary/aromatic N) is 2. The number of methoxy groups -OCH3 is 1. The van der Waals surface area contributed by atoms with Crippen molar-refractivity contribution in [3.05, 3.63) is 72.8 Å². The van der Waals surface area contributed by atoms with Gasteiger partial charge in [-0.2, -0.15) is 0 Å². The van der Waals surface area contributed by atoms with Crippen molar-refractivity contribution in [2.45, 2.75) is 19.6 Å². The number of hydrogen-bond donors (Lipinski definition) is 1. The molecule has 0 aliphatic rings. The molecule has 0 aliphatic heterocycles. The molecule has 6 nitrogen and oxygen atoms in total. The summed E-state index contributed by atoms with van der Waals surface area (Å²) in [5.74, 6) is 1.20. The number of imidazole rings is 1. The number of carbonyl (C=O) groups excluding carboxylic acids is 1. The molecule has 0 radical (unpaired) electrons. The van der Waals surface area contributed by atoms with E-state index < -0.39 is 6.10 Å². The zero-order valence-electron chi connectivity index (χ0n) is 14.8. The number of benzene rings is 2. The fourth-order valence-corrected chi connectivity index (χ4v) is 2.44. The summed E-state index contributed by atoms with van der Waals surface area (Å²) in [6.07, 6.45) is 4.77. The van der Waals surface area contributed by atoms with Crippen LogP contribution in [0.5, 0.6) is 11.5 Å². The van der Waals surface area contributed by atoms with E-state index in [0.29, 0.717) is 12.3 Å². The van der Waals surface area contributed by atoms with Crippen molar-refractivity contribution in [2.75, 3.05) is 7.11 Å². The summed E-state index contributed by atoms with van der Waals surface area (Å²) in [6.45, 7) is 2.17. The topological polar surface area (TPSA) is 65.4 Å². The normalized spacial score (nSPS) is 11.6. The minimum atomic E-state index is -0.589. The maximum absolute atomic E-state index is 12.2. The molecule has 0 spiro atoms. The first-order valence-electron chi connectivity index (χ1n) is 8.31. The average molecular weight is 351 g/mol. The lowest BCUT2D eigenvalue weighted by atomic mass is 10.2. The Kier molecular flexibility index (Phi) is 5.53. The molecule has 0 saturated carbocycles. The second kappa shape index (κ2) is 8.20. The number of nitrogens with one attached hydrogen (secondary N) is 1. The van der Waals surface area contributed by atoms with Gasteiger partial charge in [0.15, 0.2) is 6.10 Å². The third-order valence-corrected chi connectivity index (χ3v) is 3.95. The highest BCUT2D eigenvalue weighted by Gasteiger charge is 2.14. The molecule has 6 heteroatoms. The SMILES string of the molecule is COc1ccc(O[C@@H](C)C(=O)NCc2ccc(-n3ccnc3)cc2)cc1. The summed E-state index contributed by atoms with van der Waals surface area (Å²) < 4.78 is 12.7. The molecule has 1 atom stereocenters. The zero-order valence-corrected chi connectivity index (χ0v) is 14.8. The third kappa shape index (κ3) is 4.42. The van der Waals surface area contributed by atoms with Crippen molar-refractivity contribution < 1.29 is 14.3 Å². The lowest BCUT2D eigenvalue weighted by Gasteiger charge is -2.15. The van der Waals surface area contributed by atoms with Gasteiger partial charge in [0, 0.05) is 24.6 Å². The lowest BCUT2D eigenvalue weighted by molar-refractivity contribution is -0.127. The molecule has 0 fully saturated rings. The van der Waals surface area contributed by atoms with Crippen LogP contribution >= 0.6 is 0 Å². The van der Waals surface area contributed by atoms with Gasteiger partial charge in [0.1, 0.15) is 11.5 Å². The smallest absolute Gasteiger partial charge is 0.261 e. The molecule has 3 aromatic rings. The average Bonchev–Trinajstić information content (AvgIpc) is 3.22. The number of carbonyl (C=O) groups is 1. The van der Waals surface area contributed by atoms with E-state index in [0.717, 1.165) is 17.0 Å².